The highest BCUT2D eigenvalue weighted by atomic mass is 19.2. The van der Waals surface area contributed by atoms with E-state index < -0.39 is 17.5 Å². The van der Waals surface area contributed by atoms with Crippen LogP contribution < -0.4 is 5.32 Å². The Balaban J connectivity index is 1.60. The van der Waals surface area contributed by atoms with E-state index in [0.29, 0.717) is 32.2 Å². The largest absolute Gasteiger partial charge is 0.377 e. The quantitative estimate of drug-likeness (QED) is 0.363. The third kappa shape index (κ3) is 6.73. The van der Waals surface area contributed by atoms with Crippen LogP contribution in [0.5, 0.6) is 0 Å². The van der Waals surface area contributed by atoms with Crippen molar-refractivity contribution < 1.29 is 17.9 Å². The second-order valence-corrected chi connectivity index (χ2v) is 6.95. The maximum atomic E-state index is 14.1. The normalized spacial score (nSPS) is 12.1. The molecule has 0 fully saturated rings. The molecule has 0 spiro atoms. The molecule has 0 saturated carbocycles. The van der Waals surface area contributed by atoms with Crippen LogP contribution in [0.25, 0.3) is 0 Å². The predicted octanol–water partition coefficient (Wildman–Crippen LogP) is 5.41. The van der Waals surface area contributed by atoms with E-state index in [1.54, 1.807) is 0 Å². The highest BCUT2D eigenvalue weighted by Gasteiger charge is 2.15. The van der Waals surface area contributed by atoms with Crippen molar-refractivity contribution in [2.75, 3.05) is 6.61 Å². The van der Waals surface area contributed by atoms with Gasteiger partial charge in [-0.05, 0) is 35.6 Å². The second-order valence-electron chi connectivity index (χ2n) is 6.95. The van der Waals surface area contributed by atoms with Crippen molar-refractivity contribution in [1.29, 1.82) is 0 Å². The van der Waals surface area contributed by atoms with Gasteiger partial charge in [-0.1, -0.05) is 60.7 Å². The average Bonchev–Trinajstić information content (AvgIpc) is 2.74. The molecule has 2 nitrogen and oxygen atoms in total. The van der Waals surface area contributed by atoms with Crippen molar-refractivity contribution in [2.45, 2.75) is 32.0 Å². The van der Waals surface area contributed by atoms with Crippen LogP contribution in [0.2, 0.25) is 0 Å². The first-order valence-electron chi connectivity index (χ1n) is 9.64. The molecular formula is C24H24F3NO. The molecule has 0 amide bonds. The fourth-order valence-electron chi connectivity index (χ4n) is 3.11. The number of rotatable bonds is 10. The summed E-state index contributed by atoms with van der Waals surface area (Å²) in [6.07, 6.45) is 0.850. The van der Waals surface area contributed by atoms with Gasteiger partial charge in [0.05, 0.1) is 6.61 Å². The molecule has 1 N–H and O–H groups in total. The zero-order chi connectivity index (χ0) is 20.5. The topological polar surface area (TPSA) is 21.3 Å². The van der Waals surface area contributed by atoms with Gasteiger partial charge in [-0.2, -0.15) is 0 Å². The summed E-state index contributed by atoms with van der Waals surface area (Å²) >= 11 is 0. The van der Waals surface area contributed by atoms with Crippen LogP contribution >= 0.6 is 0 Å². The zero-order valence-corrected chi connectivity index (χ0v) is 16.1. The molecule has 1 atom stereocenters. The SMILES string of the molecule is Fc1cc(F)c(CC(CCOCc2ccccc2)NCc2ccccc2)cc1F. The summed E-state index contributed by atoms with van der Waals surface area (Å²) in [6.45, 7) is 1.55. The molecule has 0 aromatic heterocycles. The molecule has 3 aromatic carbocycles. The van der Waals surface area contributed by atoms with E-state index in [0.717, 1.165) is 17.2 Å². The Kier molecular flexibility index (Phi) is 7.85. The van der Waals surface area contributed by atoms with Gasteiger partial charge in [0.15, 0.2) is 11.6 Å². The van der Waals surface area contributed by atoms with E-state index in [2.05, 4.69) is 5.32 Å². The smallest absolute Gasteiger partial charge is 0.161 e. The summed E-state index contributed by atoms with van der Waals surface area (Å²) in [5.74, 6) is -2.95. The molecular weight excluding hydrogens is 375 g/mol. The van der Waals surface area contributed by atoms with Crippen LogP contribution in [0.15, 0.2) is 72.8 Å². The van der Waals surface area contributed by atoms with E-state index in [1.807, 2.05) is 60.7 Å². The summed E-state index contributed by atoms with van der Waals surface area (Å²) in [5, 5.41) is 3.38. The van der Waals surface area contributed by atoms with Gasteiger partial charge in [0.2, 0.25) is 0 Å². The molecule has 0 aliphatic rings. The van der Waals surface area contributed by atoms with E-state index >= 15 is 0 Å². The Labute approximate surface area is 169 Å². The maximum absolute atomic E-state index is 14.1. The van der Waals surface area contributed by atoms with Crippen molar-refractivity contribution in [3.05, 3.63) is 107 Å². The number of benzene rings is 3. The maximum Gasteiger partial charge on any atom is 0.161 e. The molecule has 152 valence electrons. The number of halogens is 3. The van der Waals surface area contributed by atoms with Gasteiger partial charge < -0.3 is 10.1 Å². The first kappa shape index (κ1) is 21.1. The molecule has 0 saturated heterocycles. The van der Waals surface area contributed by atoms with Gasteiger partial charge in [0, 0.05) is 25.3 Å². The molecule has 3 rings (SSSR count). The summed E-state index contributed by atoms with van der Waals surface area (Å²) in [6, 6.07) is 21.0. The lowest BCUT2D eigenvalue weighted by Gasteiger charge is -2.20. The van der Waals surface area contributed by atoms with Crippen LogP contribution in [0.3, 0.4) is 0 Å². The highest BCUT2D eigenvalue weighted by Crippen LogP contribution is 2.17. The summed E-state index contributed by atoms with van der Waals surface area (Å²) < 4.78 is 46.6. The Morgan fingerprint density at radius 2 is 1.38 bits per heavy atom. The Hall–Kier alpha value is -2.63. The standard InChI is InChI=1S/C24H24F3NO/c25-22-15-24(27)23(26)14-20(22)13-21(28-16-18-7-3-1-4-8-18)11-12-29-17-19-9-5-2-6-10-19/h1-10,14-15,21,28H,11-13,16-17H2. The van der Waals surface area contributed by atoms with Crippen molar-refractivity contribution in [1.82, 2.24) is 5.32 Å². The molecule has 1 unspecified atom stereocenters. The first-order valence-corrected chi connectivity index (χ1v) is 9.64. The molecule has 0 aliphatic heterocycles. The van der Waals surface area contributed by atoms with Gasteiger partial charge in [-0.25, -0.2) is 13.2 Å². The van der Waals surface area contributed by atoms with Crippen molar-refractivity contribution in [3.8, 4) is 0 Å². The summed E-state index contributed by atoms with van der Waals surface area (Å²) in [7, 11) is 0. The third-order valence-electron chi connectivity index (χ3n) is 4.72. The average molecular weight is 399 g/mol. The van der Waals surface area contributed by atoms with Gasteiger partial charge in [0.1, 0.15) is 5.82 Å². The van der Waals surface area contributed by atoms with Gasteiger partial charge in [-0.15, -0.1) is 0 Å². The molecule has 0 radical (unpaired) electrons. The monoisotopic (exact) mass is 399 g/mol. The Morgan fingerprint density at radius 3 is 2.07 bits per heavy atom. The van der Waals surface area contributed by atoms with Crippen LogP contribution in [0.4, 0.5) is 13.2 Å². The van der Waals surface area contributed by atoms with Crippen LogP contribution in [0, 0.1) is 17.5 Å². The molecule has 3 aromatic rings. The fourth-order valence-corrected chi connectivity index (χ4v) is 3.11. The molecule has 5 heteroatoms. The second kappa shape index (κ2) is 10.8. The minimum Gasteiger partial charge on any atom is -0.377 e. The number of ether oxygens (including phenoxy) is 1. The minimum atomic E-state index is -1.17. The van der Waals surface area contributed by atoms with E-state index in [4.69, 9.17) is 4.74 Å². The lowest BCUT2D eigenvalue weighted by Crippen LogP contribution is -2.32. The summed E-state index contributed by atoms with van der Waals surface area (Å²) in [4.78, 5) is 0. The van der Waals surface area contributed by atoms with E-state index in [1.165, 1.54) is 0 Å². The van der Waals surface area contributed by atoms with Gasteiger partial charge in [0.25, 0.3) is 0 Å². The van der Waals surface area contributed by atoms with Crippen LogP contribution in [-0.2, 0) is 24.3 Å². The van der Waals surface area contributed by atoms with Crippen molar-refractivity contribution >= 4 is 0 Å². The van der Waals surface area contributed by atoms with Crippen LogP contribution in [0.1, 0.15) is 23.1 Å². The number of hydrogen-bond donors (Lipinski definition) is 1. The number of nitrogens with one attached hydrogen (secondary N) is 1. The number of hydrogen-bond acceptors (Lipinski definition) is 2. The molecule has 29 heavy (non-hydrogen) atoms. The van der Waals surface area contributed by atoms with E-state index in [9.17, 15) is 13.2 Å². The van der Waals surface area contributed by atoms with Crippen molar-refractivity contribution in [3.63, 3.8) is 0 Å². The third-order valence-corrected chi connectivity index (χ3v) is 4.72. The lowest BCUT2D eigenvalue weighted by molar-refractivity contribution is 0.111. The Morgan fingerprint density at radius 1 is 0.759 bits per heavy atom. The lowest BCUT2D eigenvalue weighted by atomic mass is 10.0. The van der Waals surface area contributed by atoms with E-state index in [-0.39, 0.29) is 18.0 Å². The molecule has 0 heterocycles. The highest BCUT2D eigenvalue weighted by molar-refractivity contribution is 5.21. The summed E-state index contributed by atoms with van der Waals surface area (Å²) in [5.41, 5.74) is 2.32. The fraction of sp³-hybridized carbons (Fsp3) is 0.250. The zero-order valence-electron chi connectivity index (χ0n) is 16.1. The predicted molar refractivity (Wildman–Crippen MR) is 108 cm³/mol. The van der Waals surface area contributed by atoms with Gasteiger partial charge in [-0.3, -0.25) is 0 Å². The molecule has 0 aliphatic carbocycles. The minimum absolute atomic E-state index is 0.148. The molecule has 0 bridgehead atoms. The first-order chi connectivity index (χ1) is 14.1. The Bertz CT molecular complexity index is 887. The van der Waals surface area contributed by atoms with Crippen LogP contribution in [-0.4, -0.2) is 12.6 Å². The van der Waals surface area contributed by atoms with Crippen molar-refractivity contribution in [2.24, 2.45) is 0 Å². The van der Waals surface area contributed by atoms with Gasteiger partial charge >= 0.3 is 0 Å².